The SMILES string of the molecule is COCCNC(=O)[C@]1(C)CC(c2ccc(OC)cc2)=NO1. The number of nitrogens with zero attached hydrogens (tertiary/aromatic N) is 1. The van der Waals surface area contributed by atoms with Crippen molar-refractivity contribution in [3.05, 3.63) is 29.8 Å². The van der Waals surface area contributed by atoms with Crippen LogP contribution in [0.4, 0.5) is 0 Å². The van der Waals surface area contributed by atoms with Gasteiger partial charge in [0.1, 0.15) is 5.75 Å². The van der Waals surface area contributed by atoms with E-state index in [-0.39, 0.29) is 5.91 Å². The van der Waals surface area contributed by atoms with Gasteiger partial charge < -0.3 is 19.6 Å². The highest BCUT2D eigenvalue weighted by Gasteiger charge is 2.41. The maximum absolute atomic E-state index is 12.1. The molecule has 1 aromatic rings. The van der Waals surface area contributed by atoms with Crippen molar-refractivity contribution in [3.8, 4) is 5.75 Å². The lowest BCUT2D eigenvalue weighted by molar-refractivity contribution is -0.141. The molecule has 0 saturated carbocycles. The number of oxime groups is 1. The predicted octanol–water partition coefficient (Wildman–Crippen LogP) is 1.34. The Bertz CT molecular complexity index is 527. The molecule has 0 unspecified atom stereocenters. The number of rotatable bonds is 6. The van der Waals surface area contributed by atoms with E-state index in [4.69, 9.17) is 14.3 Å². The summed E-state index contributed by atoms with van der Waals surface area (Å²) >= 11 is 0. The molecule has 0 saturated heterocycles. The van der Waals surface area contributed by atoms with Gasteiger partial charge in [-0.05, 0) is 36.8 Å². The summed E-state index contributed by atoms with van der Waals surface area (Å²) in [4.78, 5) is 17.5. The van der Waals surface area contributed by atoms with E-state index in [0.717, 1.165) is 17.0 Å². The van der Waals surface area contributed by atoms with Crippen LogP contribution < -0.4 is 10.1 Å². The first kappa shape index (κ1) is 15.3. The highest BCUT2D eigenvalue weighted by molar-refractivity contribution is 6.05. The Kier molecular flexibility index (Phi) is 4.80. The molecule has 6 nitrogen and oxygen atoms in total. The van der Waals surface area contributed by atoms with E-state index in [2.05, 4.69) is 10.5 Å². The van der Waals surface area contributed by atoms with Gasteiger partial charge in [-0.3, -0.25) is 4.79 Å². The number of carbonyl (C=O) groups is 1. The second kappa shape index (κ2) is 6.58. The van der Waals surface area contributed by atoms with Crippen molar-refractivity contribution < 1.29 is 19.1 Å². The standard InChI is InChI=1S/C15H20N2O4/c1-15(14(18)16-8-9-19-2)10-13(17-21-15)11-4-6-12(20-3)7-5-11/h4-7H,8-10H2,1-3H3,(H,16,18)/t15-/m0/s1. The fourth-order valence-electron chi connectivity index (χ4n) is 2.05. The smallest absolute Gasteiger partial charge is 0.267 e. The minimum absolute atomic E-state index is 0.188. The third-order valence-corrected chi connectivity index (χ3v) is 3.36. The van der Waals surface area contributed by atoms with Crippen LogP contribution >= 0.6 is 0 Å². The topological polar surface area (TPSA) is 69.2 Å². The van der Waals surface area contributed by atoms with Crippen molar-refractivity contribution in [1.82, 2.24) is 5.32 Å². The fraction of sp³-hybridized carbons (Fsp3) is 0.467. The molecule has 21 heavy (non-hydrogen) atoms. The molecule has 1 aliphatic rings. The zero-order valence-corrected chi connectivity index (χ0v) is 12.5. The summed E-state index contributed by atoms with van der Waals surface area (Å²) in [6.45, 7) is 2.65. The quantitative estimate of drug-likeness (QED) is 0.803. The Hall–Kier alpha value is -2.08. The first-order chi connectivity index (χ1) is 10.1. The lowest BCUT2D eigenvalue weighted by atomic mass is 9.95. The van der Waals surface area contributed by atoms with Crippen molar-refractivity contribution in [1.29, 1.82) is 0 Å². The van der Waals surface area contributed by atoms with E-state index < -0.39 is 5.60 Å². The van der Waals surface area contributed by atoms with Gasteiger partial charge in [-0.15, -0.1) is 0 Å². The summed E-state index contributed by atoms with van der Waals surface area (Å²) in [5, 5.41) is 6.82. The van der Waals surface area contributed by atoms with Crippen LogP contribution in [0.25, 0.3) is 0 Å². The molecule has 1 heterocycles. The van der Waals surface area contributed by atoms with Crippen LogP contribution in [0.3, 0.4) is 0 Å². The van der Waals surface area contributed by atoms with Gasteiger partial charge >= 0.3 is 0 Å². The number of benzene rings is 1. The van der Waals surface area contributed by atoms with Crippen LogP contribution in [0.1, 0.15) is 18.9 Å². The molecule has 2 rings (SSSR count). The number of hydrogen-bond acceptors (Lipinski definition) is 5. The second-order valence-corrected chi connectivity index (χ2v) is 5.01. The van der Waals surface area contributed by atoms with Crippen LogP contribution in [0, 0.1) is 0 Å². The first-order valence-electron chi connectivity index (χ1n) is 6.76. The van der Waals surface area contributed by atoms with Gasteiger partial charge in [0.05, 0.1) is 19.4 Å². The first-order valence-corrected chi connectivity index (χ1v) is 6.76. The van der Waals surface area contributed by atoms with Crippen molar-refractivity contribution >= 4 is 11.6 Å². The summed E-state index contributed by atoms with van der Waals surface area (Å²) < 4.78 is 10.0. The number of hydrogen-bond donors (Lipinski definition) is 1. The number of methoxy groups -OCH3 is 2. The summed E-state index contributed by atoms with van der Waals surface area (Å²) in [7, 11) is 3.21. The van der Waals surface area contributed by atoms with Crippen LogP contribution in [0.5, 0.6) is 5.75 Å². The van der Waals surface area contributed by atoms with Gasteiger partial charge in [0, 0.05) is 20.1 Å². The lowest BCUT2D eigenvalue weighted by Crippen LogP contribution is -2.45. The Morgan fingerprint density at radius 1 is 1.38 bits per heavy atom. The molecular weight excluding hydrogens is 272 g/mol. The average Bonchev–Trinajstić information content (AvgIpc) is 2.91. The van der Waals surface area contributed by atoms with Crippen molar-refractivity contribution in [2.75, 3.05) is 27.4 Å². The maximum atomic E-state index is 12.1. The molecule has 1 amide bonds. The molecule has 1 N–H and O–H groups in total. The van der Waals surface area contributed by atoms with Gasteiger partial charge in [0.25, 0.3) is 5.91 Å². The largest absolute Gasteiger partial charge is 0.497 e. The van der Waals surface area contributed by atoms with Crippen LogP contribution in [-0.2, 0) is 14.4 Å². The normalized spacial score (nSPS) is 20.6. The zero-order valence-electron chi connectivity index (χ0n) is 12.5. The van der Waals surface area contributed by atoms with Crippen molar-refractivity contribution in [3.63, 3.8) is 0 Å². The number of carbonyl (C=O) groups excluding carboxylic acids is 1. The van der Waals surface area contributed by atoms with Crippen LogP contribution in [0.2, 0.25) is 0 Å². The molecule has 6 heteroatoms. The van der Waals surface area contributed by atoms with Crippen LogP contribution in [-0.4, -0.2) is 44.6 Å². The third-order valence-electron chi connectivity index (χ3n) is 3.36. The molecular formula is C15H20N2O4. The molecule has 1 aromatic carbocycles. The van der Waals surface area contributed by atoms with E-state index >= 15 is 0 Å². The van der Waals surface area contributed by atoms with E-state index in [9.17, 15) is 4.79 Å². The van der Waals surface area contributed by atoms with Crippen LogP contribution in [0.15, 0.2) is 29.4 Å². The van der Waals surface area contributed by atoms with E-state index in [1.165, 1.54) is 0 Å². The highest BCUT2D eigenvalue weighted by Crippen LogP contribution is 2.27. The van der Waals surface area contributed by atoms with Gasteiger partial charge in [-0.1, -0.05) is 5.16 Å². The summed E-state index contributed by atoms with van der Waals surface area (Å²) in [6, 6.07) is 7.50. The average molecular weight is 292 g/mol. The number of nitrogens with one attached hydrogen (secondary N) is 1. The second-order valence-electron chi connectivity index (χ2n) is 5.01. The Morgan fingerprint density at radius 3 is 2.71 bits per heavy atom. The minimum atomic E-state index is -0.969. The molecule has 0 fully saturated rings. The molecule has 0 radical (unpaired) electrons. The molecule has 0 aromatic heterocycles. The van der Waals surface area contributed by atoms with E-state index in [1.807, 2.05) is 24.3 Å². The predicted molar refractivity (Wildman–Crippen MR) is 78.5 cm³/mol. The zero-order chi connectivity index (χ0) is 15.3. The molecule has 1 aliphatic heterocycles. The van der Waals surface area contributed by atoms with Gasteiger partial charge in [0.2, 0.25) is 5.60 Å². The number of amides is 1. The lowest BCUT2D eigenvalue weighted by Gasteiger charge is -2.20. The van der Waals surface area contributed by atoms with Gasteiger partial charge in [-0.2, -0.15) is 0 Å². The van der Waals surface area contributed by atoms with Gasteiger partial charge in [-0.25, -0.2) is 0 Å². The molecule has 0 bridgehead atoms. The van der Waals surface area contributed by atoms with Gasteiger partial charge in [0.15, 0.2) is 0 Å². The molecule has 114 valence electrons. The summed E-state index contributed by atoms with van der Waals surface area (Å²) in [5.74, 6) is 0.588. The Labute approximate surface area is 124 Å². The molecule has 0 aliphatic carbocycles. The molecule has 0 spiro atoms. The third kappa shape index (κ3) is 3.52. The monoisotopic (exact) mass is 292 g/mol. The minimum Gasteiger partial charge on any atom is -0.497 e. The summed E-state index contributed by atoms with van der Waals surface area (Å²) in [5.41, 5.74) is 0.703. The maximum Gasteiger partial charge on any atom is 0.267 e. The highest BCUT2D eigenvalue weighted by atomic mass is 16.7. The van der Waals surface area contributed by atoms with E-state index in [1.54, 1.807) is 21.1 Å². The molecule has 1 atom stereocenters. The van der Waals surface area contributed by atoms with Crippen molar-refractivity contribution in [2.24, 2.45) is 5.16 Å². The number of ether oxygens (including phenoxy) is 2. The van der Waals surface area contributed by atoms with Crippen molar-refractivity contribution in [2.45, 2.75) is 18.9 Å². The van der Waals surface area contributed by atoms with E-state index in [0.29, 0.717) is 19.6 Å². The summed E-state index contributed by atoms with van der Waals surface area (Å²) in [6.07, 6.45) is 0.429. The fourth-order valence-corrected chi connectivity index (χ4v) is 2.05. The Morgan fingerprint density at radius 2 is 2.10 bits per heavy atom. The Balaban J connectivity index is 1.98.